The first-order valence-electron chi connectivity index (χ1n) is 27.0. The maximum Gasteiger partial charge on any atom is 0.261 e. The molecule has 0 aliphatic carbocycles. The van der Waals surface area contributed by atoms with Crippen molar-refractivity contribution in [2.45, 2.75) is 61.9 Å². The molecule has 17 nitrogen and oxygen atoms in total. The Hall–Kier alpha value is -7.73. The number of Topliss-reactive ketones (excluding diaryl/α,β-unsaturated/α-hetero) is 4. The number of aliphatic hydroxyl groups is 4. The first kappa shape index (κ1) is 68.6. The van der Waals surface area contributed by atoms with E-state index in [2.05, 4.69) is 26.3 Å². The molecule has 0 radical (unpaired) electrons. The summed E-state index contributed by atoms with van der Waals surface area (Å²) < 4.78 is 26.2. The van der Waals surface area contributed by atoms with Gasteiger partial charge in [-0.2, -0.15) is 0 Å². The minimum Gasteiger partial charge on any atom is -0.375 e. The highest BCUT2D eigenvalue weighted by Crippen LogP contribution is 2.50. The van der Waals surface area contributed by atoms with Crippen molar-refractivity contribution in [3.63, 3.8) is 0 Å². The molecule has 0 fully saturated rings. The number of carbonyl (C=O) groups is 8. The van der Waals surface area contributed by atoms with Crippen molar-refractivity contribution in [2.75, 3.05) is 21.3 Å². The zero-order valence-corrected chi connectivity index (χ0v) is 53.4. The largest absolute Gasteiger partial charge is 0.375 e. The highest BCUT2D eigenvalue weighted by Gasteiger charge is 2.53. The number of aromatic nitrogens is 1. The third-order valence-electron chi connectivity index (χ3n) is 15.1. The second-order valence-electron chi connectivity index (χ2n) is 21.4. The molecule has 4 atom stereocenters. The number of hydrogen-bond acceptors (Lipinski definition) is 13. The topological polar surface area (TPSA) is 278 Å². The van der Waals surface area contributed by atoms with Crippen molar-refractivity contribution >= 4 is 162 Å². The summed E-state index contributed by atoms with van der Waals surface area (Å²) in [5.41, 5.74) is -4.26. The van der Waals surface area contributed by atoms with Crippen molar-refractivity contribution in [3.05, 3.63) is 247 Å². The number of halogens is 10. The lowest BCUT2D eigenvalue weighted by molar-refractivity contribution is -0.133. The zero-order valence-electron chi connectivity index (χ0n) is 47.4. The van der Waals surface area contributed by atoms with Crippen molar-refractivity contribution in [1.29, 1.82) is 0 Å². The number of pyridine rings is 1. The van der Waals surface area contributed by atoms with Gasteiger partial charge in [0.25, 0.3) is 23.6 Å². The number of nitrogens with zero attached hydrogens (tertiary/aromatic N) is 1. The summed E-state index contributed by atoms with van der Waals surface area (Å²) in [4.78, 5) is 102. The molecule has 0 saturated carbocycles. The van der Waals surface area contributed by atoms with Gasteiger partial charge in [0.15, 0.2) is 57.2 Å². The average molecular weight is 1410 g/mol. The summed E-state index contributed by atoms with van der Waals surface area (Å²) in [7, 11) is 0. The lowest BCUT2D eigenvalue weighted by Gasteiger charge is -2.21. The van der Waals surface area contributed by atoms with E-state index >= 15 is 0 Å². The molecule has 472 valence electrons. The molecule has 0 saturated heterocycles. The van der Waals surface area contributed by atoms with Gasteiger partial charge < -0.3 is 41.7 Å². The lowest BCUT2D eigenvalue weighted by atomic mass is 9.88. The van der Waals surface area contributed by atoms with Crippen LogP contribution in [-0.4, -0.2) is 72.2 Å². The Morgan fingerprint density at radius 3 is 0.957 bits per heavy atom. The maximum absolute atomic E-state index is 13.3. The van der Waals surface area contributed by atoms with E-state index in [1.807, 2.05) is 13.8 Å². The van der Waals surface area contributed by atoms with Crippen LogP contribution in [0.2, 0.25) is 40.2 Å². The van der Waals surface area contributed by atoms with E-state index in [1.54, 1.807) is 60.7 Å². The zero-order chi connectivity index (χ0) is 67.1. The molecule has 5 heterocycles. The molecule has 4 aliphatic heterocycles. The lowest BCUT2D eigenvalue weighted by Crippen LogP contribution is -2.36. The van der Waals surface area contributed by atoms with Gasteiger partial charge in [-0.25, -0.2) is 8.78 Å². The van der Waals surface area contributed by atoms with Gasteiger partial charge in [-0.1, -0.05) is 159 Å². The van der Waals surface area contributed by atoms with Gasteiger partial charge in [-0.05, 0) is 92.7 Å². The predicted molar refractivity (Wildman–Crippen MR) is 345 cm³/mol. The number of aryl methyl sites for hydroxylation is 2. The first-order valence-corrected chi connectivity index (χ1v) is 30.1. The fourth-order valence-electron chi connectivity index (χ4n) is 10.3. The van der Waals surface area contributed by atoms with Gasteiger partial charge in [0, 0.05) is 65.2 Å². The summed E-state index contributed by atoms with van der Waals surface area (Å²) in [6.07, 6.45) is -0.520. The van der Waals surface area contributed by atoms with Crippen molar-refractivity contribution in [2.24, 2.45) is 0 Å². The van der Waals surface area contributed by atoms with E-state index in [9.17, 15) is 67.6 Å². The number of nitrogens with one attached hydrogen (secondary N) is 4. The molecule has 92 heavy (non-hydrogen) atoms. The molecule has 8 N–H and O–H groups in total. The van der Waals surface area contributed by atoms with Crippen LogP contribution in [0.1, 0.15) is 101 Å². The van der Waals surface area contributed by atoms with Crippen LogP contribution in [0.3, 0.4) is 0 Å². The van der Waals surface area contributed by atoms with Crippen LogP contribution in [-0.2, 0) is 41.6 Å². The minimum absolute atomic E-state index is 0.0161. The Balaban J connectivity index is 0.000000145. The fraction of sp³-hybridized carbons (Fsp3) is 0.154. The normalized spacial score (nSPS) is 19.4. The van der Waals surface area contributed by atoms with Gasteiger partial charge in [0.2, 0.25) is 0 Å². The Bertz CT molecular complexity index is 4280. The third-order valence-corrected chi connectivity index (χ3v) is 17.7. The molecule has 4 amide bonds. The number of fused-ring (bicyclic) bond motifs is 4. The SMILES string of the molecule is Cc1ccc(C(=O)CC2(O)C(=O)Nc3c(Cl)ccc(Cl)c32)cc1.Cc1ccc(C(=O)CC2(O)C(=O)Nc3c(Cl)ccc(Cl)c32)cc1.O=C(CC1(O)C(=O)Nc2c(Cl)ccc(Cl)c21)c1ccc(F)c(F)c1.O=C(CC1(O)C(=O)Nc2c(Cl)ccc(Cl)c21)c1ccccn1. The van der Waals surface area contributed by atoms with E-state index < -0.39 is 94.9 Å². The summed E-state index contributed by atoms with van der Waals surface area (Å²) >= 11 is 48.4. The van der Waals surface area contributed by atoms with Gasteiger partial charge in [-0.15, -0.1) is 0 Å². The summed E-state index contributed by atoms with van der Waals surface area (Å²) in [6.45, 7) is 3.81. The van der Waals surface area contributed by atoms with Crippen molar-refractivity contribution in [1.82, 2.24) is 4.98 Å². The van der Waals surface area contributed by atoms with Crippen LogP contribution >= 0.6 is 92.8 Å². The van der Waals surface area contributed by atoms with Gasteiger partial charge in [-0.3, -0.25) is 43.3 Å². The Labute approximate surface area is 561 Å². The number of rotatable bonds is 12. The molecule has 0 spiro atoms. The summed E-state index contributed by atoms with van der Waals surface area (Å²) in [5, 5.41) is 54.5. The standard InChI is InChI=1S/2C17H13Cl2NO3.C16H9Cl2F2NO3.C15H10Cl2N2O3/c2*1-9-2-4-10(5-3-9)13(21)8-17(23)14-11(18)6-7-12(19)15(14)20-16(17)22;17-8-2-3-9(18)14-13(8)16(24,15(23)21-14)6-12(22)7-1-4-10(19)11(20)5-7;16-8-4-5-9(17)13-12(8)15(22,14(21)19-13)7-11(20)10-3-1-2-6-18-10/h2*2-7,23H,8H2,1H3,(H,20,22);1-5,24H,6H2,(H,21,23);1-6,22H,7H2,(H,19,21). The number of amides is 4. The Morgan fingerprint density at radius 2 is 0.663 bits per heavy atom. The van der Waals surface area contributed by atoms with Crippen LogP contribution in [0.25, 0.3) is 0 Å². The van der Waals surface area contributed by atoms with E-state index in [1.165, 1.54) is 60.8 Å². The third kappa shape index (κ3) is 13.4. The minimum atomic E-state index is -2.25. The molecule has 12 rings (SSSR count). The van der Waals surface area contributed by atoms with E-state index in [0.29, 0.717) is 17.2 Å². The second-order valence-corrected chi connectivity index (χ2v) is 24.6. The summed E-state index contributed by atoms with van der Waals surface area (Å²) in [6, 6.07) is 33.0. The molecule has 0 bridgehead atoms. The fourth-order valence-corrected chi connectivity index (χ4v) is 12.4. The monoisotopic (exact) mass is 1410 g/mol. The van der Waals surface area contributed by atoms with Crippen LogP contribution in [0.15, 0.2) is 140 Å². The van der Waals surface area contributed by atoms with E-state index in [-0.39, 0.29) is 108 Å². The quantitative estimate of drug-likeness (QED) is 0.0529. The smallest absolute Gasteiger partial charge is 0.261 e. The van der Waals surface area contributed by atoms with Crippen molar-refractivity contribution in [3.8, 4) is 0 Å². The Kier molecular flexibility index (Phi) is 20.2. The molecule has 7 aromatic carbocycles. The highest BCUT2D eigenvalue weighted by molar-refractivity contribution is 6.41. The summed E-state index contributed by atoms with van der Waals surface area (Å²) in [5.74, 6) is -7.26. The van der Waals surface area contributed by atoms with Crippen LogP contribution in [0.5, 0.6) is 0 Å². The average Bonchev–Trinajstić information content (AvgIpc) is 1.61. The maximum atomic E-state index is 13.3. The molecule has 4 unspecified atom stereocenters. The first-order chi connectivity index (χ1) is 43.3. The van der Waals surface area contributed by atoms with E-state index in [4.69, 9.17) is 92.8 Å². The van der Waals surface area contributed by atoms with Gasteiger partial charge in [0.1, 0.15) is 5.69 Å². The second kappa shape index (κ2) is 27.1. The predicted octanol–water partition coefficient (Wildman–Crippen LogP) is 13.9. The van der Waals surface area contributed by atoms with Crippen LogP contribution in [0.4, 0.5) is 31.5 Å². The van der Waals surface area contributed by atoms with Gasteiger partial charge in [0.05, 0.1) is 68.5 Å². The molecule has 27 heteroatoms. The molecular formula is C65H45Cl8F2N5O12. The van der Waals surface area contributed by atoms with E-state index in [0.717, 1.165) is 23.3 Å². The van der Waals surface area contributed by atoms with Crippen molar-refractivity contribution < 1.29 is 67.6 Å². The number of ketones is 4. The molecule has 8 aromatic rings. The van der Waals surface area contributed by atoms with Crippen LogP contribution in [0, 0.1) is 25.5 Å². The van der Waals surface area contributed by atoms with Crippen LogP contribution < -0.4 is 21.3 Å². The Morgan fingerprint density at radius 1 is 0.380 bits per heavy atom. The molecule has 1 aromatic heterocycles. The number of hydrogen-bond donors (Lipinski definition) is 8. The number of benzene rings is 7. The number of anilines is 4. The van der Waals surface area contributed by atoms with Gasteiger partial charge >= 0.3 is 0 Å². The highest BCUT2D eigenvalue weighted by atomic mass is 35.5. The number of carbonyl (C=O) groups excluding carboxylic acids is 8. The molecular weight excluding hydrogens is 1360 g/mol. The molecule has 4 aliphatic rings.